The van der Waals surface area contributed by atoms with Crippen LogP contribution in [0.1, 0.15) is 98.8 Å². The van der Waals surface area contributed by atoms with Gasteiger partial charge in [0.05, 0.1) is 43.9 Å². The van der Waals surface area contributed by atoms with Crippen molar-refractivity contribution >= 4 is 33.3 Å². The van der Waals surface area contributed by atoms with Crippen molar-refractivity contribution in [2.45, 2.75) is 103 Å². The molecule has 1 unspecified atom stereocenters. The molecule has 1 spiro atoms. The minimum absolute atomic E-state index is 0.0418. The third kappa shape index (κ3) is 10.6. The molecule has 0 amide bonds. The van der Waals surface area contributed by atoms with Gasteiger partial charge in [-0.3, -0.25) is 0 Å². The van der Waals surface area contributed by atoms with Gasteiger partial charge in [0.2, 0.25) is 10.0 Å². The lowest BCUT2D eigenvalue weighted by Gasteiger charge is -2.48. The Balaban J connectivity index is 1.01. The summed E-state index contributed by atoms with van der Waals surface area (Å²) in [5.74, 6) is 2.67. The summed E-state index contributed by atoms with van der Waals surface area (Å²) < 4.78 is 60.2. The molecule has 0 bridgehead atoms. The SMILES string of the molecule is CC[C@H](CS(=O)(=O)N(Cc1ccc(OC)cc1)Cc1ccc(OC)cc1)C1C=C([C@H](OC)[C@@H]2CC[C@H]2CN2C[C@@]3(CCCc4cc(Cl)ccc43)COc3ccc(C(=O)OC(C)(C)C)cc32)C1. The van der Waals surface area contributed by atoms with Gasteiger partial charge in [-0.1, -0.05) is 61.4 Å². The van der Waals surface area contributed by atoms with Gasteiger partial charge in [-0.25, -0.2) is 13.2 Å². The molecule has 4 aromatic rings. The first-order valence-electron chi connectivity index (χ1n) is 23.6. The average Bonchev–Trinajstić information content (AvgIpc) is 3.42. The summed E-state index contributed by atoms with van der Waals surface area (Å²) >= 11 is 6.54. The van der Waals surface area contributed by atoms with Gasteiger partial charge in [-0.2, -0.15) is 4.31 Å². The van der Waals surface area contributed by atoms with Gasteiger partial charge in [0, 0.05) is 43.7 Å². The van der Waals surface area contributed by atoms with Gasteiger partial charge in [0.15, 0.2) is 0 Å². The van der Waals surface area contributed by atoms with Gasteiger partial charge >= 0.3 is 5.97 Å². The second kappa shape index (κ2) is 20.0. The van der Waals surface area contributed by atoms with E-state index in [0.717, 1.165) is 97.1 Å². The van der Waals surface area contributed by atoms with Crippen molar-refractivity contribution in [1.82, 2.24) is 4.31 Å². The molecular weight excluding hydrogens is 872 g/mol. The van der Waals surface area contributed by atoms with Crippen LogP contribution in [0.2, 0.25) is 5.02 Å². The molecule has 0 radical (unpaired) electrons. The number of hydrogen-bond donors (Lipinski definition) is 0. The number of ether oxygens (including phenoxy) is 5. The van der Waals surface area contributed by atoms with Crippen LogP contribution in [0.3, 0.4) is 0 Å². The van der Waals surface area contributed by atoms with E-state index in [1.54, 1.807) is 18.5 Å². The topological polar surface area (TPSA) is 104 Å². The van der Waals surface area contributed by atoms with Gasteiger partial charge in [-0.15, -0.1) is 0 Å². The number of anilines is 1. The highest BCUT2D eigenvalue weighted by Crippen LogP contribution is 2.49. The maximum Gasteiger partial charge on any atom is 0.338 e. The molecule has 4 aromatic carbocycles. The maximum absolute atomic E-state index is 14.5. The Morgan fingerprint density at radius 2 is 1.59 bits per heavy atom. The molecule has 6 atom stereocenters. The van der Waals surface area contributed by atoms with Crippen LogP contribution in [0.25, 0.3) is 0 Å². The van der Waals surface area contributed by atoms with Crippen LogP contribution in [-0.2, 0) is 44.4 Å². The molecule has 1 fully saturated rings. The van der Waals surface area contributed by atoms with Crippen molar-refractivity contribution in [1.29, 1.82) is 0 Å². The number of benzene rings is 4. The highest BCUT2D eigenvalue weighted by Gasteiger charge is 2.46. The van der Waals surface area contributed by atoms with Gasteiger partial charge < -0.3 is 28.6 Å². The minimum atomic E-state index is -3.68. The summed E-state index contributed by atoms with van der Waals surface area (Å²) in [5.41, 5.74) is 6.19. The molecule has 3 aliphatic carbocycles. The molecule has 66 heavy (non-hydrogen) atoms. The molecular formula is C54H67ClN2O8S. The number of hydrogen-bond acceptors (Lipinski definition) is 9. The number of esters is 1. The summed E-state index contributed by atoms with van der Waals surface area (Å²) in [4.78, 5) is 15.9. The number of carbonyl (C=O) groups is 1. The van der Waals surface area contributed by atoms with Crippen LogP contribution < -0.4 is 19.1 Å². The molecule has 354 valence electrons. The number of aryl methyl sites for hydroxylation is 1. The van der Waals surface area contributed by atoms with Crippen molar-refractivity contribution < 1.29 is 36.9 Å². The largest absolute Gasteiger partial charge is 0.497 e. The quantitative estimate of drug-likeness (QED) is 0.0756. The number of carbonyl (C=O) groups excluding carboxylic acids is 1. The number of fused-ring (bicyclic) bond motifs is 3. The Bertz CT molecular complexity index is 2440. The number of nitrogens with zero attached hydrogens (tertiary/aromatic N) is 2. The first-order chi connectivity index (χ1) is 31.6. The predicted molar refractivity (Wildman–Crippen MR) is 261 cm³/mol. The summed E-state index contributed by atoms with van der Waals surface area (Å²) in [7, 11) is 1.38. The van der Waals surface area contributed by atoms with E-state index < -0.39 is 15.6 Å². The van der Waals surface area contributed by atoms with Crippen molar-refractivity contribution in [2.75, 3.05) is 51.7 Å². The molecule has 8 rings (SSSR count). The highest BCUT2D eigenvalue weighted by atomic mass is 35.5. The van der Waals surface area contributed by atoms with Crippen LogP contribution in [0.4, 0.5) is 5.69 Å². The molecule has 4 aliphatic rings. The van der Waals surface area contributed by atoms with E-state index in [1.165, 1.54) is 16.7 Å². The molecule has 10 nitrogen and oxygen atoms in total. The number of methoxy groups -OCH3 is 3. The second-order valence-corrected chi connectivity index (χ2v) is 22.4. The zero-order chi connectivity index (χ0) is 46.8. The Kier molecular flexibility index (Phi) is 14.5. The molecule has 12 heteroatoms. The molecule has 0 saturated heterocycles. The Morgan fingerprint density at radius 1 is 0.924 bits per heavy atom. The first kappa shape index (κ1) is 47.9. The third-order valence-corrected chi connectivity index (χ3v) is 16.6. The monoisotopic (exact) mass is 938 g/mol. The van der Waals surface area contributed by atoms with E-state index in [9.17, 15) is 13.2 Å². The molecule has 1 saturated carbocycles. The van der Waals surface area contributed by atoms with Crippen molar-refractivity contribution in [2.24, 2.45) is 23.7 Å². The van der Waals surface area contributed by atoms with Crippen LogP contribution in [0.5, 0.6) is 17.2 Å². The van der Waals surface area contributed by atoms with Crippen LogP contribution in [0, 0.1) is 23.7 Å². The lowest BCUT2D eigenvalue weighted by molar-refractivity contribution is -0.000497. The summed E-state index contributed by atoms with van der Waals surface area (Å²) in [6.07, 6.45) is 8.94. The summed E-state index contributed by atoms with van der Waals surface area (Å²) in [6, 6.07) is 27.2. The fraction of sp³-hybridized carbons (Fsp3) is 0.500. The van der Waals surface area contributed by atoms with E-state index in [2.05, 4.69) is 30.0 Å². The second-order valence-electron chi connectivity index (χ2n) is 20.0. The third-order valence-electron chi connectivity index (χ3n) is 14.5. The van der Waals surface area contributed by atoms with Gasteiger partial charge in [-0.05, 0) is 165 Å². The van der Waals surface area contributed by atoms with Crippen molar-refractivity contribution in [3.63, 3.8) is 0 Å². The van der Waals surface area contributed by atoms with Gasteiger partial charge in [0.25, 0.3) is 0 Å². The van der Waals surface area contributed by atoms with E-state index in [4.69, 9.17) is 35.3 Å². The smallest absolute Gasteiger partial charge is 0.338 e. The van der Waals surface area contributed by atoms with Gasteiger partial charge in [0.1, 0.15) is 22.8 Å². The average molecular weight is 940 g/mol. The fourth-order valence-electron chi connectivity index (χ4n) is 10.8. The number of sulfonamides is 1. The molecule has 1 aliphatic heterocycles. The number of halogens is 1. The Labute approximate surface area is 397 Å². The van der Waals surface area contributed by atoms with E-state index in [1.807, 2.05) is 101 Å². The predicted octanol–water partition coefficient (Wildman–Crippen LogP) is 10.8. The molecule has 0 aromatic heterocycles. The lowest BCUT2D eigenvalue weighted by atomic mass is 9.64. The highest BCUT2D eigenvalue weighted by molar-refractivity contribution is 7.89. The molecule has 0 N–H and O–H groups in total. The van der Waals surface area contributed by atoms with Crippen LogP contribution in [0.15, 0.2) is 96.6 Å². The Morgan fingerprint density at radius 3 is 2.17 bits per heavy atom. The zero-order valence-corrected chi connectivity index (χ0v) is 41.3. The summed E-state index contributed by atoms with van der Waals surface area (Å²) in [6.45, 7) is 10.3. The van der Waals surface area contributed by atoms with E-state index in [0.29, 0.717) is 24.0 Å². The van der Waals surface area contributed by atoms with Crippen LogP contribution in [-0.4, -0.2) is 77.2 Å². The number of rotatable bonds is 17. The fourth-order valence-corrected chi connectivity index (χ4v) is 12.9. The number of allylic oxidation sites excluding steroid dienone is 1. The van der Waals surface area contributed by atoms with E-state index >= 15 is 0 Å². The normalized spacial score (nSPS) is 22.4. The Hall–Kier alpha value is -4.55. The molecule has 1 heterocycles. The zero-order valence-electron chi connectivity index (χ0n) is 39.7. The van der Waals surface area contributed by atoms with Crippen LogP contribution >= 0.6 is 11.6 Å². The summed E-state index contributed by atoms with van der Waals surface area (Å²) in [5, 5.41) is 0.751. The lowest BCUT2D eigenvalue weighted by Crippen LogP contribution is -2.50. The minimum Gasteiger partial charge on any atom is -0.497 e. The standard InChI is InChI=1S/C54H67ClN2O8S/c1-8-38(33-66(59,60)57(30-36-11-18-45(61-5)19-12-36)31-37-13-20-46(62-6)21-14-37)42-26-43(27-42)51(63-7)47-22-15-41(47)32-56-34-54(25-9-10-39-28-44(55)17-23-48(39)54)35-64-50-24-16-40(29-49(50)56)52(58)65-53(2,3)4/h11-14,16-21,23-24,26,28-29,38,41-42,47,51H,8-10,15,22,25,27,30-35H2,1-7H3/t38-,41+,42?,47-,51+,54+/m1/s1. The maximum atomic E-state index is 14.5. The first-order valence-corrected chi connectivity index (χ1v) is 25.6. The van der Waals surface area contributed by atoms with Crippen molar-refractivity contribution in [3.05, 3.63) is 129 Å². The van der Waals surface area contributed by atoms with E-state index in [-0.39, 0.29) is 48.2 Å². The van der Waals surface area contributed by atoms with Crippen molar-refractivity contribution in [3.8, 4) is 17.2 Å².